The van der Waals surface area contributed by atoms with E-state index in [1.807, 2.05) is 10.9 Å². The van der Waals surface area contributed by atoms with Gasteiger partial charge in [-0.1, -0.05) is 25.1 Å². The number of para-hydroxylation sites is 1. The highest BCUT2D eigenvalue weighted by atomic mass is 15.3. The summed E-state index contributed by atoms with van der Waals surface area (Å²) in [6.07, 6.45) is 6.37. The molecule has 0 bridgehead atoms. The van der Waals surface area contributed by atoms with E-state index in [1.54, 1.807) is 0 Å². The van der Waals surface area contributed by atoms with E-state index in [0.717, 1.165) is 19.4 Å². The molecule has 0 radical (unpaired) electrons. The molecule has 1 N–H and O–H groups in total. The maximum absolute atomic E-state index is 4.36. The molecule has 0 aliphatic carbocycles. The third-order valence-electron chi connectivity index (χ3n) is 4.05. The van der Waals surface area contributed by atoms with Gasteiger partial charge in [-0.25, -0.2) is 0 Å². The van der Waals surface area contributed by atoms with Crippen molar-refractivity contribution in [1.29, 1.82) is 0 Å². The van der Waals surface area contributed by atoms with Crippen molar-refractivity contribution in [3.05, 3.63) is 47.8 Å². The van der Waals surface area contributed by atoms with Crippen molar-refractivity contribution in [1.82, 2.24) is 9.78 Å². The Balaban J connectivity index is 1.75. The molecule has 2 heterocycles. The Bertz CT molecular complexity index is 559. The van der Waals surface area contributed by atoms with Crippen molar-refractivity contribution < 1.29 is 0 Å². The Morgan fingerprint density at radius 1 is 1.37 bits per heavy atom. The van der Waals surface area contributed by atoms with E-state index in [9.17, 15) is 0 Å². The minimum absolute atomic E-state index is 0.504. The molecule has 3 rings (SSSR count). The molecule has 0 fully saturated rings. The lowest BCUT2D eigenvalue weighted by molar-refractivity contribution is 0.461. The highest BCUT2D eigenvalue weighted by Gasteiger charge is 2.24. The van der Waals surface area contributed by atoms with Gasteiger partial charge in [0.2, 0.25) is 0 Å². The van der Waals surface area contributed by atoms with Crippen LogP contribution in [0.25, 0.3) is 0 Å². The second-order valence-corrected chi connectivity index (χ2v) is 5.50. The van der Waals surface area contributed by atoms with E-state index in [-0.39, 0.29) is 0 Å². The van der Waals surface area contributed by atoms with Crippen LogP contribution in [0.2, 0.25) is 0 Å². The van der Waals surface area contributed by atoms with E-state index in [2.05, 4.69) is 54.7 Å². The first-order valence-electron chi connectivity index (χ1n) is 7.12. The summed E-state index contributed by atoms with van der Waals surface area (Å²) in [6, 6.07) is 9.14. The zero-order valence-electron chi connectivity index (χ0n) is 11.6. The fraction of sp³-hybridized carbons (Fsp3) is 0.438. The van der Waals surface area contributed by atoms with Gasteiger partial charge < -0.3 is 5.32 Å². The van der Waals surface area contributed by atoms with E-state index in [0.29, 0.717) is 12.0 Å². The van der Waals surface area contributed by atoms with Gasteiger partial charge in [-0.3, -0.25) is 4.68 Å². The molecule has 2 unspecified atom stereocenters. The fourth-order valence-electron chi connectivity index (χ4n) is 2.86. The monoisotopic (exact) mass is 255 g/mol. The third-order valence-corrected chi connectivity index (χ3v) is 4.05. The Hall–Kier alpha value is -1.77. The van der Waals surface area contributed by atoms with Gasteiger partial charge in [0.1, 0.15) is 0 Å². The minimum Gasteiger partial charge on any atom is -0.381 e. The first-order chi connectivity index (χ1) is 9.26. The summed E-state index contributed by atoms with van der Waals surface area (Å²) < 4.78 is 2.00. The largest absolute Gasteiger partial charge is 0.381 e. The molecule has 1 aliphatic rings. The number of aromatic nitrogens is 2. The number of benzene rings is 1. The van der Waals surface area contributed by atoms with Gasteiger partial charge in [-0.2, -0.15) is 5.10 Å². The molecule has 0 amide bonds. The number of aryl methyl sites for hydroxylation is 1. The van der Waals surface area contributed by atoms with Crippen LogP contribution in [0.4, 0.5) is 5.69 Å². The molecule has 1 aliphatic heterocycles. The van der Waals surface area contributed by atoms with Gasteiger partial charge in [0.05, 0.1) is 6.20 Å². The van der Waals surface area contributed by atoms with Crippen LogP contribution in [0.5, 0.6) is 0 Å². The van der Waals surface area contributed by atoms with Crippen LogP contribution in [0.3, 0.4) is 0 Å². The lowest BCUT2D eigenvalue weighted by Gasteiger charge is -2.32. The van der Waals surface area contributed by atoms with Gasteiger partial charge in [-0.05, 0) is 42.9 Å². The summed E-state index contributed by atoms with van der Waals surface area (Å²) in [5.74, 6) is 0.653. The number of anilines is 1. The number of hydrogen-bond acceptors (Lipinski definition) is 2. The molecule has 100 valence electrons. The first-order valence-corrected chi connectivity index (χ1v) is 7.12. The second kappa shape index (κ2) is 5.08. The van der Waals surface area contributed by atoms with Crippen LogP contribution in [-0.2, 0) is 19.4 Å². The third kappa shape index (κ3) is 2.50. The van der Waals surface area contributed by atoms with E-state index in [1.165, 1.54) is 16.8 Å². The average Bonchev–Trinajstić information content (AvgIpc) is 2.87. The van der Waals surface area contributed by atoms with Gasteiger partial charge in [0, 0.05) is 24.5 Å². The standard InChI is InChI=1S/C16H21N3/c1-3-19-11-13(10-17-19)9-16-12(2)8-14-6-4-5-7-15(14)18-16/h4-7,10-12,16,18H,3,8-9H2,1-2H3. The zero-order chi connectivity index (χ0) is 13.2. The minimum atomic E-state index is 0.504. The van der Waals surface area contributed by atoms with Gasteiger partial charge in [0.25, 0.3) is 0 Å². The summed E-state index contributed by atoms with van der Waals surface area (Å²) in [7, 11) is 0. The summed E-state index contributed by atoms with van der Waals surface area (Å²) in [6.45, 7) is 5.39. The van der Waals surface area contributed by atoms with Crippen LogP contribution in [0.1, 0.15) is 25.0 Å². The van der Waals surface area contributed by atoms with E-state index in [4.69, 9.17) is 0 Å². The van der Waals surface area contributed by atoms with Crippen molar-refractivity contribution in [2.75, 3.05) is 5.32 Å². The van der Waals surface area contributed by atoms with Gasteiger partial charge in [-0.15, -0.1) is 0 Å². The molecule has 1 aromatic carbocycles. The highest BCUT2D eigenvalue weighted by molar-refractivity contribution is 5.54. The second-order valence-electron chi connectivity index (χ2n) is 5.50. The fourth-order valence-corrected chi connectivity index (χ4v) is 2.86. The van der Waals surface area contributed by atoms with Crippen LogP contribution in [-0.4, -0.2) is 15.8 Å². The van der Waals surface area contributed by atoms with Crippen LogP contribution >= 0.6 is 0 Å². The normalized spacial score (nSPS) is 21.8. The lowest BCUT2D eigenvalue weighted by Crippen LogP contribution is -2.35. The topological polar surface area (TPSA) is 29.9 Å². The lowest BCUT2D eigenvalue weighted by atomic mass is 9.86. The van der Waals surface area contributed by atoms with Crippen molar-refractivity contribution in [3.8, 4) is 0 Å². The maximum Gasteiger partial charge on any atom is 0.0522 e. The number of hydrogen-bond donors (Lipinski definition) is 1. The van der Waals surface area contributed by atoms with Crippen LogP contribution in [0.15, 0.2) is 36.7 Å². The molecule has 0 spiro atoms. The molecular weight excluding hydrogens is 234 g/mol. The van der Waals surface area contributed by atoms with Crippen LogP contribution < -0.4 is 5.32 Å². The number of nitrogens with one attached hydrogen (secondary N) is 1. The molecule has 2 aromatic rings. The molecule has 2 atom stereocenters. The molecule has 1 aromatic heterocycles. The average molecular weight is 255 g/mol. The van der Waals surface area contributed by atoms with Gasteiger partial charge >= 0.3 is 0 Å². The molecular formula is C16H21N3. The van der Waals surface area contributed by atoms with Gasteiger partial charge in [0.15, 0.2) is 0 Å². The number of nitrogens with zero attached hydrogens (tertiary/aromatic N) is 2. The zero-order valence-corrected chi connectivity index (χ0v) is 11.6. The smallest absolute Gasteiger partial charge is 0.0522 e. The predicted octanol–water partition coefficient (Wildman–Crippen LogP) is 3.12. The molecule has 0 saturated heterocycles. The summed E-state index contributed by atoms with van der Waals surface area (Å²) in [5.41, 5.74) is 4.06. The van der Waals surface area contributed by atoms with E-state index < -0.39 is 0 Å². The Morgan fingerprint density at radius 2 is 2.21 bits per heavy atom. The molecule has 19 heavy (non-hydrogen) atoms. The summed E-state index contributed by atoms with van der Waals surface area (Å²) in [5, 5.41) is 8.04. The SMILES string of the molecule is CCn1cc(CC2Nc3ccccc3CC2C)cn1. The van der Waals surface area contributed by atoms with Crippen molar-refractivity contribution in [3.63, 3.8) is 0 Å². The molecule has 3 nitrogen and oxygen atoms in total. The van der Waals surface area contributed by atoms with Crippen molar-refractivity contribution in [2.24, 2.45) is 5.92 Å². The molecule has 3 heteroatoms. The Kier molecular flexibility index (Phi) is 3.28. The highest BCUT2D eigenvalue weighted by Crippen LogP contribution is 2.29. The Labute approximate surface area is 114 Å². The van der Waals surface area contributed by atoms with Crippen LogP contribution in [0, 0.1) is 5.92 Å². The van der Waals surface area contributed by atoms with E-state index >= 15 is 0 Å². The van der Waals surface area contributed by atoms with Crippen molar-refractivity contribution >= 4 is 5.69 Å². The number of fused-ring (bicyclic) bond motifs is 1. The quantitative estimate of drug-likeness (QED) is 0.913. The first kappa shape index (κ1) is 12.3. The predicted molar refractivity (Wildman–Crippen MR) is 78.3 cm³/mol. The number of rotatable bonds is 3. The Morgan fingerprint density at radius 3 is 3.00 bits per heavy atom. The maximum atomic E-state index is 4.36. The summed E-state index contributed by atoms with van der Waals surface area (Å²) in [4.78, 5) is 0. The van der Waals surface area contributed by atoms with Crippen molar-refractivity contribution in [2.45, 2.75) is 39.3 Å². The summed E-state index contributed by atoms with van der Waals surface area (Å²) >= 11 is 0. The molecule has 0 saturated carbocycles.